The first-order valence-electron chi connectivity index (χ1n) is 10.4. The fraction of sp³-hybridized carbons (Fsp3) is 0.600. The van der Waals surface area contributed by atoms with Crippen molar-refractivity contribution < 1.29 is 4.79 Å². The molecule has 4 aliphatic rings. The van der Waals surface area contributed by atoms with Crippen LogP contribution in [0, 0.1) is 5.41 Å². The molecule has 0 aromatic carbocycles. The fourth-order valence-corrected chi connectivity index (χ4v) is 6.83. The molecule has 3 aliphatic carbocycles. The van der Waals surface area contributed by atoms with Crippen LogP contribution in [0.15, 0.2) is 18.5 Å². The normalized spacial score (nSPS) is 35.8. The van der Waals surface area contributed by atoms with Gasteiger partial charge in [0.25, 0.3) is 0 Å². The first-order valence-corrected chi connectivity index (χ1v) is 10.4. The minimum Gasteiger partial charge on any atom is -0.345 e. The van der Waals surface area contributed by atoms with Crippen molar-refractivity contribution in [1.82, 2.24) is 34.8 Å². The van der Waals surface area contributed by atoms with Gasteiger partial charge in [0, 0.05) is 35.7 Å². The van der Waals surface area contributed by atoms with E-state index >= 15 is 0 Å². The van der Waals surface area contributed by atoms with Gasteiger partial charge in [-0.1, -0.05) is 0 Å². The molecule has 2 N–H and O–H groups in total. The zero-order chi connectivity index (χ0) is 18.6. The Morgan fingerprint density at radius 1 is 1.14 bits per heavy atom. The van der Waals surface area contributed by atoms with Crippen LogP contribution in [0.1, 0.15) is 50.8 Å². The lowest BCUT2D eigenvalue weighted by Gasteiger charge is -2.47. The van der Waals surface area contributed by atoms with Crippen molar-refractivity contribution in [2.75, 3.05) is 13.1 Å². The molecule has 8 heteroatoms. The molecule has 4 heterocycles. The first-order chi connectivity index (χ1) is 13.7. The molecule has 0 radical (unpaired) electrons. The van der Waals surface area contributed by atoms with Gasteiger partial charge in [-0.3, -0.25) is 4.40 Å². The van der Waals surface area contributed by atoms with Gasteiger partial charge in [0.15, 0.2) is 11.3 Å². The number of H-pyrrole nitrogens is 1. The van der Waals surface area contributed by atoms with Gasteiger partial charge >= 0.3 is 6.03 Å². The van der Waals surface area contributed by atoms with Crippen LogP contribution in [-0.2, 0) is 5.41 Å². The smallest absolute Gasteiger partial charge is 0.317 e. The molecule has 3 saturated carbocycles. The Labute approximate surface area is 161 Å². The van der Waals surface area contributed by atoms with Gasteiger partial charge in [-0.2, -0.15) is 0 Å². The average molecular weight is 377 g/mol. The molecule has 3 atom stereocenters. The number of hydrogen-bond donors (Lipinski definition) is 2. The highest BCUT2D eigenvalue weighted by Gasteiger charge is 2.85. The monoisotopic (exact) mass is 377 g/mol. The van der Waals surface area contributed by atoms with E-state index in [1.807, 2.05) is 11.1 Å². The standard InChI is InChI=1S/C20H23N7O/c28-17(26-9-1-2-10-26)23-20-7-5-18(4-6-19(18,20)12-20)16-25-24-14-11-22-15-13(27(14)16)3-8-21-15/h3,8,11,21H,1-2,4-7,9-10,12H2,(H,23,28). The Hall–Kier alpha value is -2.64. The number of rotatable bonds is 2. The van der Waals surface area contributed by atoms with E-state index in [0.717, 1.165) is 74.2 Å². The second-order valence-electron chi connectivity index (χ2n) is 9.23. The molecule has 2 amide bonds. The maximum absolute atomic E-state index is 12.8. The van der Waals surface area contributed by atoms with E-state index in [4.69, 9.17) is 0 Å². The van der Waals surface area contributed by atoms with Crippen LogP contribution in [-0.4, -0.2) is 54.1 Å². The second-order valence-corrected chi connectivity index (χ2v) is 9.23. The quantitative estimate of drug-likeness (QED) is 0.717. The number of urea groups is 1. The molecule has 3 aromatic rings. The zero-order valence-electron chi connectivity index (χ0n) is 15.7. The van der Waals surface area contributed by atoms with Gasteiger partial charge in [0.2, 0.25) is 0 Å². The highest BCUT2D eigenvalue weighted by Crippen LogP contribution is 2.83. The van der Waals surface area contributed by atoms with Crippen LogP contribution in [0.3, 0.4) is 0 Å². The molecule has 3 aromatic heterocycles. The molecule has 0 bridgehead atoms. The molecular weight excluding hydrogens is 354 g/mol. The second kappa shape index (κ2) is 4.67. The van der Waals surface area contributed by atoms with Crippen molar-refractivity contribution in [3.05, 3.63) is 24.3 Å². The van der Waals surface area contributed by atoms with Crippen molar-refractivity contribution in [2.24, 2.45) is 5.41 Å². The Morgan fingerprint density at radius 3 is 2.82 bits per heavy atom. The largest absolute Gasteiger partial charge is 0.345 e. The highest BCUT2D eigenvalue weighted by molar-refractivity contribution is 5.77. The molecule has 3 unspecified atom stereocenters. The van der Waals surface area contributed by atoms with Gasteiger partial charge in [0.1, 0.15) is 5.82 Å². The Bertz CT molecular complexity index is 1140. The van der Waals surface area contributed by atoms with Crippen LogP contribution >= 0.6 is 0 Å². The van der Waals surface area contributed by atoms with E-state index in [-0.39, 0.29) is 22.4 Å². The third kappa shape index (κ3) is 1.53. The lowest BCUT2D eigenvalue weighted by atomic mass is 9.57. The summed E-state index contributed by atoms with van der Waals surface area (Å²) in [7, 11) is 0. The third-order valence-corrected chi connectivity index (χ3v) is 8.38. The van der Waals surface area contributed by atoms with Crippen molar-refractivity contribution in [3.63, 3.8) is 0 Å². The van der Waals surface area contributed by atoms with Gasteiger partial charge in [-0.25, -0.2) is 9.78 Å². The molecule has 1 aliphatic heterocycles. The van der Waals surface area contributed by atoms with Crippen molar-refractivity contribution in [2.45, 2.75) is 55.9 Å². The minimum atomic E-state index is -0.0406. The number of nitrogens with zero attached hydrogens (tertiary/aromatic N) is 5. The Kier molecular flexibility index (Phi) is 2.55. The molecule has 1 spiro atoms. The number of amides is 2. The number of hydrogen-bond acceptors (Lipinski definition) is 4. The van der Waals surface area contributed by atoms with Crippen LogP contribution in [0.4, 0.5) is 4.79 Å². The van der Waals surface area contributed by atoms with Crippen LogP contribution in [0.5, 0.6) is 0 Å². The molecule has 28 heavy (non-hydrogen) atoms. The van der Waals surface area contributed by atoms with Crippen LogP contribution < -0.4 is 5.32 Å². The van der Waals surface area contributed by atoms with Crippen molar-refractivity contribution in [3.8, 4) is 0 Å². The van der Waals surface area contributed by atoms with E-state index < -0.39 is 0 Å². The first kappa shape index (κ1) is 15.3. The lowest BCUT2D eigenvalue weighted by Crippen LogP contribution is -2.52. The third-order valence-electron chi connectivity index (χ3n) is 8.38. The summed E-state index contributed by atoms with van der Waals surface area (Å²) >= 11 is 0. The molecule has 4 fully saturated rings. The summed E-state index contributed by atoms with van der Waals surface area (Å²) in [6, 6.07) is 2.19. The van der Waals surface area contributed by atoms with Gasteiger partial charge < -0.3 is 15.2 Å². The van der Waals surface area contributed by atoms with Crippen molar-refractivity contribution in [1.29, 1.82) is 0 Å². The lowest BCUT2D eigenvalue weighted by molar-refractivity contribution is 0.0908. The Morgan fingerprint density at radius 2 is 2.00 bits per heavy atom. The van der Waals surface area contributed by atoms with Gasteiger partial charge in [-0.15, -0.1) is 10.2 Å². The number of fused-ring (bicyclic) bond motifs is 3. The number of carbonyl (C=O) groups excluding carboxylic acids is 1. The summed E-state index contributed by atoms with van der Waals surface area (Å²) < 4.78 is 2.19. The summed E-state index contributed by atoms with van der Waals surface area (Å²) in [4.78, 5) is 22.5. The van der Waals surface area contributed by atoms with E-state index in [2.05, 4.69) is 35.9 Å². The summed E-state index contributed by atoms with van der Waals surface area (Å²) in [5, 5.41) is 12.6. The molecule has 144 valence electrons. The zero-order valence-corrected chi connectivity index (χ0v) is 15.7. The molecular formula is C20H23N7O. The highest BCUT2D eigenvalue weighted by atomic mass is 16.2. The fourth-order valence-electron chi connectivity index (χ4n) is 6.83. The molecule has 7 rings (SSSR count). The van der Waals surface area contributed by atoms with Gasteiger partial charge in [0.05, 0.1) is 11.7 Å². The number of carbonyl (C=O) groups is 1. The molecule has 8 nitrogen and oxygen atoms in total. The van der Waals surface area contributed by atoms with E-state index in [0.29, 0.717) is 0 Å². The number of nitrogens with one attached hydrogen (secondary N) is 2. The predicted octanol–water partition coefficient (Wildman–Crippen LogP) is 2.37. The minimum absolute atomic E-state index is 0.0241. The van der Waals surface area contributed by atoms with E-state index in [1.54, 1.807) is 6.20 Å². The average Bonchev–Trinajstić information content (AvgIpc) is 3.23. The number of aromatic amines is 1. The number of aromatic nitrogens is 5. The summed E-state index contributed by atoms with van der Waals surface area (Å²) in [5.74, 6) is 1.07. The topological polar surface area (TPSA) is 91.2 Å². The van der Waals surface area contributed by atoms with Crippen LogP contribution in [0.2, 0.25) is 0 Å². The maximum atomic E-state index is 12.8. The summed E-state index contributed by atoms with van der Waals surface area (Å²) in [6.07, 6.45) is 11.5. The number of likely N-dealkylation sites (tertiary alicyclic amines) is 1. The maximum Gasteiger partial charge on any atom is 0.317 e. The van der Waals surface area contributed by atoms with E-state index in [9.17, 15) is 4.79 Å². The van der Waals surface area contributed by atoms with Crippen LogP contribution in [0.25, 0.3) is 16.8 Å². The van der Waals surface area contributed by atoms with E-state index in [1.165, 1.54) is 6.42 Å². The molecule has 1 saturated heterocycles. The predicted molar refractivity (Wildman–Crippen MR) is 102 cm³/mol. The summed E-state index contributed by atoms with van der Waals surface area (Å²) in [6.45, 7) is 1.79. The van der Waals surface area contributed by atoms with Crippen molar-refractivity contribution >= 4 is 22.8 Å². The Balaban J connectivity index is 1.30. The SMILES string of the molecule is O=C(NC12CCC3(c4nnc5cnc6[nH]ccc6n45)CCC13C2)N1CCCC1. The van der Waals surface area contributed by atoms with Gasteiger partial charge in [-0.05, 0) is 51.0 Å². The summed E-state index contributed by atoms with van der Waals surface area (Å²) in [5.41, 5.74) is 2.84.